The van der Waals surface area contributed by atoms with E-state index in [2.05, 4.69) is 5.32 Å². The number of benzene rings is 1. The fraction of sp³-hybridized carbons (Fsp3) is 0.304. The van der Waals surface area contributed by atoms with Gasteiger partial charge in [-0.1, -0.05) is 0 Å². The zero-order chi connectivity index (χ0) is 24.3. The molecule has 3 rings (SSSR count). The van der Waals surface area contributed by atoms with E-state index in [1.165, 1.54) is 6.07 Å². The molecular weight excluding hydrogens is 430 g/mol. The molecule has 0 bridgehead atoms. The van der Waals surface area contributed by atoms with Gasteiger partial charge in [-0.25, -0.2) is 4.79 Å². The molecule has 5 N–H and O–H groups in total. The molecule has 2 heterocycles. The smallest absolute Gasteiger partial charge is 0.336 e. The lowest BCUT2D eigenvalue weighted by atomic mass is 9.98. The van der Waals surface area contributed by atoms with Crippen molar-refractivity contribution < 1.29 is 28.3 Å². The van der Waals surface area contributed by atoms with Gasteiger partial charge in [0.05, 0.1) is 5.57 Å². The van der Waals surface area contributed by atoms with Crippen LogP contribution in [0.4, 0.5) is 0 Å². The van der Waals surface area contributed by atoms with Gasteiger partial charge in [-0.05, 0) is 50.6 Å². The van der Waals surface area contributed by atoms with Crippen molar-refractivity contribution in [3.63, 3.8) is 0 Å². The first-order valence-corrected chi connectivity index (χ1v) is 10.1. The summed E-state index contributed by atoms with van der Waals surface area (Å²) in [6.45, 7) is 4.99. The van der Waals surface area contributed by atoms with Gasteiger partial charge in [-0.15, -0.1) is 0 Å². The van der Waals surface area contributed by atoms with Crippen LogP contribution in [0.2, 0.25) is 0 Å². The van der Waals surface area contributed by atoms with Crippen LogP contribution < -0.4 is 27.1 Å². The van der Waals surface area contributed by atoms with E-state index in [-0.39, 0.29) is 24.5 Å². The van der Waals surface area contributed by atoms with E-state index in [1.54, 1.807) is 51.1 Å². The van der Waals surface area contributed by atoms with Crippen molar-refractivity contribution in [2.75, 3.05) is 13.2 Å². The number of primary amides is 2. The first-order chi connectivity index (χ1) is 15.5. The number of carbonyl (C=O) groups excluding carboxylic acids is 3. The highest BCUT2D eigenvalue weighted by molar-refractivity contribution is 6.06. The Morgan fingerprint density at radius 3 is 2.48 bits per heavy atom. The average Bonchev–Trinajstić information content (AvgIpc) is 2.96. The predicted molar refractivity (Wildman–Crippen MR) is 119 cm³/mol. The average molecular weight is 455 g/mol. The Hall–Kier alpha value is -3.92. The molecule has 1 aromatic carbocycles. The molecular formula is C23H25N3O7. The van der Waals surface area contributed by atoms with Crippen molar-refractivity contribution in [1.82, 2.24) is 5.32 Å². The van der Waals surface area contributed by atoms with Crippen LogP contribution in [0.1, 0.15) is 20.8 Å². The highest BCUT2D eigenvalue weighted by Gasteiger charge is 2.42. The van der Waals surface area contributed by atoms with Crippen LogP contribution in [-0.4, -0.2) is 42.4 Å². The van der Waals surface area contributed by atoms with Gasteiger partial charge in [-0.2, -0.15) is 0 Å². The monoisotopic (exact) mass is 455 g/mol. The second-order valence-electron chi connectivity index (χ2n) is 8.02. The molecule has 0 aliphatic carbocycles. The minimum atomic E-state index is -1.42. The number of hydrogen-bond acceptors (Lipinski definition) is 8. The second kappa shape index (κ2) is 9.29. The number of allylic oxidation sites excluding steroid dienone is 1. The van der Waals surface area contributed by atoms with Gasteiger partial charge >= 0.3 is 5.63 Å². The third-order valence-electron chi connectivity index (χ3n) is 5.10. The topological polar surface area (TPSA) is 164 Å². The maximum Gasteiger partial charge on any atom is 0.336 e. The van der Waals surface area contributed by atoms with Gasteiger partial charge in [-0.3, -0.25) is 19.7 Å². The third kappa shape index (κ3) is 5.29. The highest BCUT2D eigenvalue weighted by Crippen LogP contribution is 2.34. The predicted octanol–water partition coefficient (Wildman–Crippen LogP) is 0.679. The van der Waals surface area contributed by atoms with E-state index in [4.69, 9.17) is 25.4 Å². The lowest BCUT2D eigenvalue weighted by Gasteiger charge is -2.18. The molecule has 1 aliphatic rings. The van der Waals surface area contributed by atoms with E-state index >= 15 is 0 Å². The number of carbonyl (C=O) groups is 3. The van der Waals surface area contributed by atoms with Gasteiger partial charge < -0.3 is 25.4 Å². The fourth-order valence-corrected chi connectivity index (χ4v) is 3.34. The highest BCUT2D eigenvalue weighted by atomic mass is 16.5. The van der Waals surface area contributed by atoms with E-state index in [0.717, 1.165) is 5.39 Å². The van der Waals surface area contributed by atoms with Crippen LogP contribution in [-0.2, 0) is 19.1 Å². The molecule has 0 unspecified atom stereocenters. The summed E-state index contributed by atoms with van der Waals surface area (Å²) in [5, 5.41) is 3.38. The minimum Gasteiger partial charge on any atom is -0.489 e. The first-order valence-electron chi connectivity index (χ1n) is 10.1. The SMILES string of the molecule is C/C(=C\COc1ccc2ccc(=O)oc2c1)C1=C(CNC(C(N)=O)C(N)=O)C(=O)C(C)(C)O1. The van der Waals surface area contributed by atoms with Crippen LogP contribution in [0.5, 0.6) is 5.75 Å². The van der Waals surface area contributed by atoms with Crippen molar-refractivity contribution in [3.8, 4) is 5.75 Å². The number of amides is 2. The number of rotatable bonds is 9. The molecule has 0 saturated heterocycles. The summed E-state index contributed by atoms with van der Waals surface area (Å²) in [4.78, 5) is 47.0. The van der Waals surface area contributed by atoms with Gasteiger partial charge in [0.1, 0.15) is 23.7 Å². The Bertz CT molecular complexity index is 1230. The molecule has 0 atom stereocenters. The van der Waals surface area contributed by atoms with E-state index < -0.39 is 29.1 Å². The second-order valence-corrected chi connectivity index (χ2v) is 8.02. The van der Waals surface area contributed by atoms with Crippen molar-refractivity contribution in [1.29, 1.82) is 0 Å². The number of hydrogen-bond donors (Lipinski definition) is 3. The lowest BCUT2D eigenvalue weighted by molar-refractivity contribution is -0.130. The minimum absolute atomic E-state index is 0.135. The van der Waals surface area contributed by atoms with Crippen molar-refractivity contribution >= 4 is 28.6 Å². The number of ether oxygens (including phenoxy) is 2. The molecule has 0 radical (unpaired) electrons. The maximum absolute atomic E-state index is 12.8. The molecule has 0 fully saturated rings. The van der Waals surface area contributed by atoms with Gasteiger partial charge in [0, 0.05) is 24.1 Å². The van der Waals surface area contributed by atoms with E-state index in [0.29, 0.717) is 22.7 Å². The van der Waals surface area contributed by atoms with Gasteiger partial charge in [0.2, 0.25) is 17.6 Å². The summed E-state index contributed by atoms with van der Waals surface area (Å²) in [5.74, 6) is -1.37. The summed E-state index contributed by atoms with van der Waals surface area (Å²) in [6, 6.07) is 6.71. The Morgan fingerprint density at radius 1 is 1.15 bits per heavy atom. The summed E-state index contributed by atoms with van der Waals surface area (Å²) >= 11 is 0. The molecule has 10 heteroatoms. The molecule has 1 aromatic heterocycles. The lowest BCUT2D eigenvalue weighted by Crippen LogP contribution is -2.51. The van der Waals surface area contributed by atoms with E-state index in [9.17, 15) is 19.2 Å². The van der Waals surface area contributed by atoms with Crippen LogP contribution in [0.25, 0.3) is 11.0 Å². The zero-order valence-corrected chi connectivity index (χ0v) is 18.5. The summed E-state index contributed by atoms with van der Waals surface area (Å²) in [5.41, 5.74) is 10.1. The number of ketones is 1. The number of nitrogens with one attached hydrogen (secondary N) is 1. The van der Waals surface area contributed by atoms with Crippen molar-refractivity contribution in [3.05, 3.63) is 63.7 Å². The molecule has 33 heavy (non-hydrogen) atoms. The summed E-state index contributed by atoms with van der Waals surface area (Å²) in [7, 11) is 0. The number of nitrogens with two attached hydrogens (primary N) is 2. The van der Waals surface area contributed by atoms with E-state index in [1.807, 2.05) is 0 Å². The fourth-order valence-electron chi connectivity index (χ4n) is 3.34. The Morgan fingerprint density at radius 2 is 1.82 bits per heavy atom. The zero-order valence-electron chi connectivity index (χ0n) is 18.5. The Balaban J connectivity index is 1.77. The number of Topliss-reactive ketones (excluding diaryl/α,β-unsaturated/α-hetero) is 1. The molecule has 2 aromatic rings. The number of fused-ring (bicyclic) bond motifs is 1. The third-order valence-corrected chi connectivity index (χ3v) is 5.10. The summed E-state index contributed by atoms with van der Waals surface area (Å²) < 4.78 is 16.7. The molecule has 174 valence electrons. The normalized spacial score (nSPS) is 15.8. The summed E-state index contributed by atoms with van der Waals surface area (Å²) in [6.07, 6.45) is 1.72. The van der Waals surface area contributed by atoms with Gasteiger partial charge in [0.25, 0.3) is 0 Å². The standard InChI is InChI=1S/C23H25N3O7/c1-12(8-9-31-14-6-4-13-5-7-17(27)32-16(13)10-14)19-15(20(28)23(2,3)33-19)11-26-18(21(24)29)22(25)30/h4-8,10,18,26H,9,11H2,1-3H3,(H2,24,29)(H2,25,30)/b12-8+. The van der Waals surface area contributed by atoms with Gasteiger partial charge in [0.15, 0.2) is 11.6 Å². The van der Waals surface area contributed by atoms with Crippen molar-refractivity contribution in [2.24, 2.45) is 11.5 Å². The quantitative estimate of drug-likeness (QED) is 0.367. The molecule has 2 amide bonds. The Kier molecular flexibility index (Phi) is 6.68. The molecule has 0 saturated carbocycles. The Labute approximate surface area is 189 Å². The molecule has 0 spiro atoms. The van der Waals surface area contributed by atoms with Crippen LogP contribution >= 0.6 is 0 Å². The largest absolute Gasteiger partial charge is 0.489 e. The van der Waals surface area contributed by atoms with Crippen LogP contribution in [0, 0.1) is 0 Å². The maximum atomic E-state index is 12.8. The molecule has 1 aliphatic heterocycles. The first kappa shape index (κ1) is 23.7. The molecule has 10 nitrogen and oxygen atoms in total. The van der Waals surface area contributed by atoms with Crippen LogP contribution in [0.3, 0.4) is 0 Å². The van der Waals surface area contributed by atoms with Crippen LogP contribution in [0.15, 0.2) is 62.5 Å². The van der Waals surface area contributed by atoms with Crippen molar-refractivity contribution in [2.45, 2.75) is 32.4 Å².